The van der Waals surface area contributed by atoms with Crippen molar-refractivity contribution in [2.45, 2.75) is 19.4 Å². The van der Waals surface area contributed by atoms with Gasteiger partial charge in [0.1, 0.15) is 6.04 Å². The van der Waals surface area contributed by atoms with E-state index in [-0.39, 0.29) is 12.5 Å². The molecule has 6 nitrogen and oxygen atoms in total. The first-order chi connectivity index (χ1) is 12.0. The van der Waals surface area contributed by atoms with E-state index in [4.69, 9.17) is 4.74 Å². The molecule has 1 atom stereocenters. The summed E-state index contributed by atoms with van der Waals surface area (Å²) in [5.74, 6) is -1.30. The zero-order valence-electron chi connectivity index (χ0n) is 14.1. The summed E-state index contributed by atoms with van der Waals surface area (Å²) in [6, 6.07) is 12.1. The van der Waals surface area contributed by atoms with Crippen LogP contribution in [0, 0.1) is 6.92 Å². The fourth-order valence-electron chi connectivity index (χ4n) is 2.23. The zero-order valence-corrected chi connectivity index (χ0v) is 14.9. The van der Waals surface area contributed by atoms with Crippen molar-refractivity contribution in [3.8, 4) is 0 Å². The van der Waals surface area contributed by atoms with E-state index in [2.05, 4.69) is 10.6 Å². The van der Waals surface area contributed by atoms with Crippen molar-refractivity contribution >= 4 is 29.1 Å². The molecule has 1 aromatic carbocycles. The number of amides is 2. The molecule has 0 aliphatic rings. The van der Waals surface area contributed by atoms with Crippen LogP contribution in [0.1, 0.15) is 20.1 Å². The maximum absolute atomic E-state index is 12.1. The Hall–Kier alpha value is -2.67. The van der Waals surface area contributed by atoms with E-state index in [0.29, 0.717) is 11.3 Å². The van der Waals surface area contributed by atoms with Gasteiger partial charge >= 0.3 is 5.97 Å². The number of benzene rings is 1. The molecule has 2 aromatic rings. The summed E-state index contributed by atoms with van der Waals surface area (Å²) in [5, 5.41) is 5.15. The van der Waals surface area contributed by atoms with Gasteiger partial charge in [-0.2, -0.15) is 0 Å². The van der Waals surface area contributed by atoms with Crippen LogP contribution in [-0.4, -0.2) is 37.5 Å². The third-order valence-electron chi connectivity index (χ3n) is 3.48. The molecule has 132 valence electrons. The van der Waals surface area contributed by atoms with Crippen LogP contribution in [0.25, 0.3) is 0 Å². The molecule has 25 heavy (non-hydrogen) atoms. The van der Waals surface area contributed by atoms with Crippen LogP contribution in [0.4, 0.5) is 0 Å². The second kappa shape index (κ2) is 8.98. The summed E-state index contributed by atoms with van der Waals surface area (Å²) in [6.45, 7) is 1.69. The summed E-state index contributed by atoms with van der Waals surface area (Å²) in [5.41, 5.74) is 0.899. The van der Waals surface area contributed by atoms with Crippen molar-refractivity contribution in [2.75, 3.05) is 13.7 Å². The van der Waals surface area contributed by atoms with Gasteiger partial charge in [-0.15, -0.1) is 11.3 Å². The first-order valence-corrected chi connectivity index (χ1v) is 8.57. The predicted molar refractivity (Wildman–Crippen MR) is 95.5 cm³/mol. The van der Waals surface area contributed by atoms with E-state index in [9.17, 15) is 14.4 Å². The number of aryl methyl sites for hydroxylation is 1. The fraction of sp³-hybridized carbons (Fsp3) is 0.278. The number of hydrogen-bond donors (Lipinski definition) is 2. The lowest BCUT2D eigenvalue weighted by Gasteiger charge is -2.16. The molecule has 2 amide bonds. The SMILES string of the molecule is COC(=O)[C@H](Cc1ccccc1)NC(=O)CNC(=O)c1ccc(C)s1. The van der Waals surface area contributed by atoms with E-state index in [1.807, 2.05) is 43.3 Å². The smallest absolute Gasteiger partial charge is 0.328 e. The Kier molecular flexibility index (Phi) is 6.71. The molecule has 0 aliphatic heterocycles. The lowest BCUT2D eigenvalue weighted by molar-refractivity contribution is -0.144. The maximum Gasteiger partial charge on any atom is 0.328 e. The molecule has 0 fully saturated rings. The van der Waals surface area contributed by atoms with E-state index < -0.39 is 17.9 Å². The van der Waals surface area contributed by atoms with E-state index in [1.54, 1.807) is 6.07 Å². The molecule has 0 unspecified atom stereocenters. The number of thiophene rings is 1. The molecule has 0 aliphatic carbocycles. The summed E-state index contributed by atoms with van der Waals surface area (Å²) in [6.07, 6.45) is 0.317. The van der Waals surface area contributed by atoms with Gasteiger partial charge in [0.05, 0.1) is 18.5 Å². The largest absolute Gasteiger partial charge is 0.467 e. The van der Waals surface area contributed by atoms with Gasteiger partial charge in [-0.1, -0.05) is 30.3 Å². The highest BCUT2D eigenvalue weighted by atomic mass is 32.1. The first-order valence-electron chi connectivity index (χ1n) is 7.75. The van der Waals surface area contributed by atoms with Crippen LogP contribution in [0.2, 0.25) is 0 Å². The molecule has 7 heteroatoms. The van der Waals surface area contributed by atoms with Gasteiger partial charge in [-0.3, -0.25) is 9.59 Å². The average molecular weight is 360 g/mol. The molecule has 1 heterocycles. The third-order valence-corrected chi connectivity index (χ3v) is 4.48. The van der Waals surface area contributed by atoms with Crippen LogP contribution in [0.15, 0.2) is 42.5 Å². The van der Waals surface area contributed by atoms with E-state index >= 15 is 0 Å². The van der Waals surface area contributed by atoms with Gasteiger partial charge in [-0.05, 0) is 24.6 Å². The van der Waals surface area contributed by atoms with Crippen LogP contribution < -0.4 is 10.6 Å². The molecule has 0 radical (unpaired) electrons. The number of rotatable bonds is 7. The second-order valence-corrected chi connectivity index (χ2v) is 6.71. The zero-order chi connectivity index (χ0) is 18.2. The number of carbonyl (C=O) groups excluding carboxylic acids is 3. The minimum Gasteiger partial charge on any atom is -0.467 e. The average Bonchev–Trinajstić information content (AvgIpc) is 3.06. The fourth-order valence-corrected chi connectivity index (χ4v) is 3.02. The lowest BCUT2D eigenvalue weighted by Crippen LogP contribution is -2.47. The van der Waals surface area contributed by atoms with Crippen LogP contribution >= 0.6 is 11.3 Å². The van der Waals surface area contributed by atoms with Crippen LogP contribution in [0.5, 0.6) is 0 Å². The first kappa shape index (κ1) is 18.7. The normalized spacial score (nSPS) is 11.4. The molecular formula is C18H20N2O4S. The standard InChI is InChI=1S/C18H20N2O4S/c1-12-8-9-15(25-12)17(22)19-11-16(21)20-14(18(23)24-2)10-13-6-4-3-5-7-13/h3-9,14H,10-11H2,1-2H3,(H,19,22)(H,20,21)/t14-/m0/s1. The summed E-state index contributed by atoms with van der Waals surface area (Å²) < 4.78 is 4.74. The Bertz CT molecular complexity index is 743. The molecule has 2 rings (SSSR count). The van der Waals surface area contributed by atoms with E-state index in [1.165, 1.54) is 18.4 Å². The van der Waals surface area contributed by atoms with Crippen molar-refractivity contribution < 1.29 is 19.1 Å². The Morgan fingerprint density at radius 3 is 2.44 bits per heavy atom. The number of methoxy groups -OCH3 is 1. The number of nitrogens with one attached hydrogen (secondary N) is 2. The van der Waals surface area contributed by atoms with Crippen molar-refractivity contribution in [2.24, 2.45) is 0 Å². The number of esters is 1. The highest BCUT2D eigenvalue weighted by molar-refractivity contribution is 7.13. The Morgan fingerprint density at radius 1 is 1.12 bits per heavy atom. The molecule has 0 saturated heterocycles. The Morgan fingerprint density at radius 2 is 1.84 bits per heavy atom. The molecular weight excluding hydrogens is 340 g/mol. The van der Waals surface area contributed by atoms with E-state index in [0.717, 1.165) is 10.4 Å². The molecule has 2 N–H and O–H groups in total. The molecule has 0 bridgehead atoms. The van der Waals surface area contributed by atoms with Gasteiger partial charge in [0, 0.05) is 11.3 Å². The highest BCUT2D eigenvalue weighted by Crippen LogP contribution is 2.14. The second-order valence-electron chi connectivity index (χ2n) is 5.43. The minimum atomic E-state index is -0.805. The Balaban J connectivity index is 1.90. The van der Waals surface area contributed by atoms with Crippen molar-refractivity contribution in [3.63, 3.8) is 0 Å². The molecule has 1 aromatic heterocycles. The quantitative estimate of drug-likeness (QED) is 0.736. The summed E-state index contributed by atoms with van der Waals surface area (Å²) in [4.78, 5) is 37.5. The van der Waals surface area contributed by atoms with Gasteiger partial charge in [0.25, 0.3) is 5.91 Å². The monoisotopic (exact) mass is 360 g/mol. The summed E-state index contributed by atoms with van der Waals surface area (Å²) in [7, 11) is 1.27. The van der Waals surface area contributed by atoms with Crippen LogP contribution in [0.3, 0.4) is 0 Å². The van der Waals surface area contributed by atoms with Gasteiger partial charge in [0.15, 0.2) is 0 Å². The Labute approximate surface area is 150 Å². The minimum absolute atomic E-state index is 0.210. The molecule has 0 saturated carbocycles. The van der Waals surface area contributed by atoms with Crippen molar-refractivity contribution in [1.82, 2.24) is 10.6 Å². The topological polar surface area (TPSA) is 84.5 Å². The third kappa shape index (κ3) is 5.72. The lowest BCUT2D eigenvalue weighted by atomic mass is 10.1. The van der Waals surface area contributed by atoms with Gasteiger partial charge < -0.3 is 15.4 Å². The van der Waals surface area contributed by atoms with Crippen LogP contribution in [-0.2, 0) is 20.7 Å². The summed E-state index contributed by atoms with van der Waals surface area (Å²) >= 11 is 1.35. The number of ether oxygens (including phenoxy) is 1. The highest BCUT2D eigenvalue weighted by Gasteiger charge is 2.22. The number of hydrogen-bond acceptors (Lipinski definition) is 5. The molecule has 0 spiro atoms. The number of carbonyl (C=O) groups is 3. The van der Waals surface area contributed by atoms with Crippen molar-refractivity contribution in [3.05, 3.63) is 57.8 Å². The predicted octanol–water partition coefficient (Wildman–Crippen LogP) is 1.69. The maximum atomic E-state index is 12.1. The van der Waals surface area contributed by atoms with Crippen molar-refractivity contribution in [1.29, 1.82) is 0 Å². The van der Waals surface area contributed by atoms with Gasteiger partial charge in [-0.25, -0.2) is 4.79 Å². The van der Waals surface area contributed by atoms with Gasteiger partial charge in [0.2, 0.25) is 5.91 Å².